The standard InChI is InChI=1S/C28H34O8/c1-28(2,3)23-18-20(9-10-24(30)35-16-15-33-12-11-32-13-14-34-19-29)17-22-25(27(31)36-26(22)23)21-7-5-4-6-8-21/h4-8,17-19,25H,9-16H2,1-3H3. The van der Waals surface area contributed by atoms with Crippen LogP contribution in [0.3, 0.4) is 0 Å². The molecule has 0 N–H and O–H groups in total. The highest BCUT2D eigenvalue weighted by Gasteiger charge is 2.38. The summed E-state index contributed by atoms with van der Waals surface area (Å²) in [4.78, 5) is 35.1. The summed E-state index contributed by atoms with van der Waals surface area (Å²) in [6.45, 7) is 8.26. The van der Waals surface area contributed by atoms with Crippen molar-refractivity contribution in [3.8, 4) is 5.75 Å². The van der Waals surface area contributed by atoms with Gasteiger partial charge in [0.05, 0.1) is 26.4 Å². The molecule has 0 aromatic heterocycles. The van der Waals surface area contributed by atoms with Crippen LogP contribution < -0.4 is 4.74 Å². The summed E-state index contributed by atoms with van der Waals surface area (Å²) in [5.74, 6) is -0.443. The lowest BCUT2D eigenvalue weighted by Gasteiger charge is -2.23. The van der Waals surface area contributed by atoms with Gasteiger partial charge in [-0.25, -0.2) is 0 Å². The molecule has 0 fully saturated rings. The first kappa shape index (κ1) is 27.4. The van der Waals surface area contributed by atoms with Gasteiger partial charge in [-0.05, 0) is 23.0 Å². The van der Waals surface area contributed by atoms with Crippen LogP contribution in [0.4, 0.5) is 0 Å². The Kier molecular flexibility index (Phi) is 10.0. The van der Waals surface area contributed by atoms with Crippen molar-refractivity contribution < 1.29 is 38.1 Å². The van der Waals surface area contributed by atoms with Crippen molar-refractivity contribution in [3.05, 3.63) is 64.7 Å². The second-order valence-electron chi connectivity index (χ2n) is 9.49. The molecule has 8 heteroatoms. The van der Waals surface area contributed by atoms with Crippen LogP contribution in [-0.2, 0) is 45.2 Å². The summed E-state index contributed by atoms with van der Waals surface area (Å²) in [5, 5.41) is 0. The molecule has 0 aliphatic carbocycles. The van der Waals surface area contributed by atoms with E-state index in [1.165, 1.54) is 0 Å². The molecule has 0 radical (unpaired) electrons. The van der Waals surface area contributed by atoms with Gasteiger partial charge in [-0.3, -0.25) is 14.4 Å². The fourth-order valence-corrected chi connectivity index (χ4v) is 4.00. The first-order valence-electron chi connectivity index (χ1n) is 12.1. The summed E-state index contributed by atoms with van der Waals surface area (Å²) in [6, 6.07) is 13.6. The number of benzene rings is 2. The Morgan fingerprint density at radius 3 is 2.31 bits per heavy atom. The molecule has 3 rings (SSSR count). The Hall–Kier alpha value is -3.23. The van der Waals surface area contributed by atoms with Gasteiger partial charge in [-0.15, -0.1) is 0 Å². The van der Waals surface area contributed by atoms with E-state index >= 15 is 0 Å². The molecule has 1 heterocycles. The maximum atomic E-state index is 12.8. The highest BCUT2D eigenvalue weighted by molar-refractivity contribution is 5.90. The molecule has 1 atom stereocenters. The number of aryl methyl sites for hydroxylation is 1. The normalized spacial score (nSPS) is 14.8. The van der Waals surface area contributed by atoms with E-state index in [0.717, 1.165) is 22.3 Å². The van der Waals surface area contributed by atoms with Gasteiger partial charge in [0, 0.05) is 17.5 Å². The van der Waals surface area contributed by atoms with E-state index in [9.17, 15) is 14.4 Å². The van der Waals surface area contributed by atoms with Crippen LogP contribution in [0.25, 0.3) is 0 Å². The molecule has 0 spiro atoms. The van der Waals surface area contributed by atoms with E-state index < -0.39 is 5.92 Å². The quantitative estimate of drug-likeness (QED) is 0.168. The second kappa shape index (κ2) is 13.2. The monoisotopic (exact) mass is 498 g/mol. The number of ether oxygens (including phenoxy) is 5. The van der Waals surface area contributed by atoms with Crippen LogP contribution in [-0.4, -0.2) is 58.1 Å². The van der Waals surface area contributed by atoms with Crippen molar-refractivity contribution in [2.75, 3.05) is 39.6 Å². The lowest BCUT2D eigenvalue weighted by molar-refractivity contribution is -0.145. The van der Waals surface area contributed by atoms with E-state index in [0.29, 0.717) is 38.5 Å². The number of hydrogen-bond acceptors (Lipinski definition) is 8. The minimum atomic E-state index is -0.479. The zero-order valence-electron chi connectivity index (χ0n) is 21.1. The topological polar surface area (TPSA) is 97.4 Å². The zero-order chi connectivity index (χ0) is 26.0. The third-order valence-corrected chi connectivity index (χ3v) is 5.76. The molecule has 2 aromatic rings. The number of hydrogen-bond donors (Lipinski definition) is 0. The molecule has 1 unspecified atom stereocenters. The molecule has 194 valence electrons. The van der Waals surface area contributed by atoms with Crippen LogP contribution in [0, 0.1) is 0 Å². The summed E-state index contributed by atoms with van der Waals surface area (Å²) in [5.41, 5.74) is 3.40. The molecule has 0 saturated carbocycles. The maximum Gasteiger partial charge on any atom is 0.323 e. The Morgan fingerprint density at radius 2 is 1.64 bits per heavy atom. The van der Waals surface area contributed by atoms with Crippen LogP contribution in [0.15, 0.2) is 42.5 Å². The van der Waals surface area contributed by atoms with Crippen molar-refractivity contribution in [1.82, 2.24) is 0 Å². The average Bonchev–Trinajstić information content (AvgIpc) is 3.18. The SMILES string of the molecule is CC(C)(C)c1cc(CCC(=O)OCCOCCOCCOC=O)cc2c1OC(=O)C2c1ccccc1. The summed E-state index contributed by atoms with van der Waals surface area (Å²) in [7, 11) is 0. The van der Waals surface area contributed by atoms with Crippen LogP contribution >= 0.6 is 0 Å². The third kappa shape index (κ3) is 7.63. The fourth-order valence-electron chi connectivity index (χ4n) is 4.00. The van der Waals surface area contributed by atoms with Gasteiger partial charge in [0.25, 0.3) is 6.47 Å². The lowest BCUT2D eigenvalue weighted by Crippen LogP contribution is -2.15. The third-order valence-electron chi connectivity index (χ3n) is 5.76. The van der Waals surface area contributed by atoms with Crippen LogP contribution in [0.2, 0.25) is 0 Å². The van der Waals surface area contributed by atoms with Crippen LogP contribution in [0.5, 0.6) is 5.75 Å². The fraction of sp³-hybridized carbons (Fsp3) is 0.464. The van der Waals surface area contributed by atoms with Gasteiger partial charge in [0.2, 0.25) is 0 Å². The predicted octanol–water partition coefficient (Wildman–Crippen LogP) is 3.72. The first-order valence-corrected chi connectivity index (χ1v) is 12.1. The highest BCUT2D eigenvalue weighted by atomic mass is 16.6. The first-order chi connectivity index (χ1) is 17.3. The van der Waals surface area contributed by atoms with Crippen LogP contribution in [0.1, 0.15) is 55.4 Å². The minimum absolute atomic E-state index is 0.156. The van der Waals surface area contributed by atoms with E-state index in [1.54, 1.807) is 0 Å². The number of esters is 2. The number of carbonyl (C=O) groups excluding carboxylic acids is 3. The van der Waals surface area contributed by atoms with E-state index in [4.69, 9.17) is 18.9 Å². The van der Waals surface area contributed by atoms with E-state index in [1.807, 2.05) is 42.5 Å². The Bertz CT molecular complexity index is 1030. The zero-order valence-corrected chi connectivity index (χ0v) is 21.1. The van der Waals surface area contributed by atoms with Gasteiger partial charge in [0.15, 0.2) is 0 Å². The average molecular weight is 499 g/mol. The molecule has 8 nitrogen and oxygen atoms in total. The molecule has 0 amide bonds. The second-order valence-corrected chi connectivity index (χ2v) is 9.49. The molecular formula is C28H34O8. The van der Waals surface area contributed by atoms with E-state index in [-0.39, 0.29) is 43.6 Å². The van der Waals surface area contributed by atoms with Crippen molar-refractivity contribution >= 4 is 18.4 Å². The smallest absolute Gasteiger partial charge is 0.323 e. The molecule has 36 heavy (non-hydrogen) atoms. The molecule has 0 bridgehead atoms. The molecular weight excluding hydrogens is 464 g/mol. The molecule has 1 aliphatic heterocycles. The van der Waals surface area contributed by atoms with Crippen molar-refractivity contribution in [2.24, 2.45) is 0 Å². The molecule has 2 aromatic carbocycles. The van der Waals surface area contributed by atoms with Gasteiger partial charge < -0.3 is 23.7 Å². The molecule has 0 saturated heterocycles. The van der Waals surface area contributed by atoms with Gasteiger partial charge in [-0.2, -0.15) is 0 Å². The molecule has 1 aliphatic rings. The summed E-state index contributed by atoms with van der Waals surface area (Å²) in [6.07, 6.45) is 0.704. The Morgan fingerprint density at radius 1 is 0.972 bits per heavy atom. The predicted molar refractivity (Wildman–Crippen MR) is 132 cm³/mol. The number of carbonyl (C=O) groups is 3. The summed E-state index contributed by atoms with van der Waals surface area (Å²) < 4.78 is 26.1. The number of rotatable bonds is 14. The Balaban J connectivity index is 1.54. The van der Waals surface area contributed by atoms with Crippen molar-refractivity contribution in [2.45, 2.75) is 44.9 Å². The highest BCUT2D eigenvalue weighted by Crippen LogP contribution is 2.45. The maximum absolute atomic E-state index is 12.8. The Labute approximate surface area is 211 Å². The summed E-state index contributed by atoms with van der Waals surface area (Å²) >= 11 is 0. The minimum Gasteiger partial charge on any atom is -0.465 e. The van der Waals surface area contributed by atoms with Crippen molar-refractivity contribution in [3.63, 3.8) is 0 Å². The van der Waals surface area contributed by atoms with Crippen molar-refractivity contribution in [1.29, 1.82) is 0 Å². The largest absolute Gasteiger partial charge is 0.465 e. The van der Waals surface area contributed by atoms with E-state index in [2.05, 4.69) is 25.5 Å². The van der Waals surface area contributed by atoms with Gasteiger partial charge in [-0.1, -0.05) is 63.2 Å². The lowest BCUT2D eigenvalue weighted by atomic mass is 9.81. The van der Waals surface area contributed by atoms with Gasteiger partial charge in [0.1, 0.15) is 24.9 Å². The van der Waals surface area contributed by atoms with Gasteiger partial charge >= 0.3 is 11.9 Å². The number of fused-ring (bicyclic) bond motifs is 1.